The summed E-state index contributed by atoms with van der Waals surface area (Å²) in [7, 11) is 0. The summed E-state index contributed by atoms with van der Waals surface area (Å²) in [6.45, 7) is 1.70. The highest BCUT2D eigenvalue weighted by Gasteiger charge is 2.47. The second-order valence-corrected chi connectivity index (χ2v) is 6.01. The van der Waals surface area contributed by atoms with Gasteiger partial charge in [0.1, 0.15) is 5.76 Å². The molecular weight excluding hydrogens is 308 g/mol. The molecule has 1 aromatic carbocycles. The summed E-state index contributed by atoms with van der Waals surface area (Å²) in [4.78, 5) is 31.4. The van der Waals surface area contributed by atoms with Crippen molar-refractivity contribution in [1.82, 2.24) is 9.97 Å². The third-order valence-corrected chi connectivity index (χ3v) is 4.31. The zero-order chi connectivity index (χ0) is 16.7. The molecule has 0 saturated heterocycles. The van der Waals surface area contributed by atoms with E-state index < -0.39 is 6.10 Å². The van der Waals surface area contributed by atoms with Crippen LogP contribution < -0.4 is 5.56 Å². The van der Waals surface area contributed by atoms with E-state index in [0.29, 0.717) is 16.7 Å². The van der Waals surface area contributed by atoms with Crippen LogP contribution in [0.25, 0.3) is 10.9 Å². The van der Waals surface area contributed by atoms with Crippen LogP contribution in [0.1, 0.15) is 37.0 Å². The fourth-order valence-corrected chi connectivity index (χ4v) is 2.89. The molecule has 3 aromatic rings. The van der Waals surface area contributed by atoms with Gasteiger partial charge in [0.25, 0.3) is 5.56 Å². The van der Waals surface area contributed by atoms with Gasteiger partial charge in [0.2, 0.25) is 0 Å². The van der Waals surface area contributed by atoms with Crippen LogP contribution in [0.3, 0.4) is 0 Å². The monoisotopic (exact) mass is 324 g/mol. The molecule has 0 radical (unpaired) electrons. The van der Waals surface area contributed by atoms with Gasteiger partial charge in [0.05, 0.1) is 23.1 Å². The average molecular weight is 324 g/mol. The van der Waals surface area contributed by atoms with Gasteiger partial charge in [0, 0.05) is 5.92 Å². The Morgan fingerprint density at radius 1 is 1.33 bits per heavy atom. The minimum absolute atomic E-state index is 0.0864. The highest BCUT2D eigenvalue weighted by Crippen LogP contribution is 2.48. The van der Waals surface area contributed by atoms with Crippen molar-refractivity contribution < 1.29 is 13.9 Å². The molecule has 0 spiro atoms. The van der Waals surface area contributed by atoms with Crippen LogP contribution >= 0.6 is 0 Å². The molecule has 1 N–H and O–H groups in total. The first-order chi connectivity index (χ1) is 11.6. The summed E-state index contributed by atoms with van der Waals surface area (Å²) in [5.41, 5.74) is 0.345. The summed E-state index contributed by atoms with van der Waals surface area (Å²) in [5, 5.41) is 0.514. The van der Waals surface area contributed by atoms with Crippen molar-refractivity contribution in [3.05, 3.63) is 64.6 Å². The third kappa shape index (κ3) is 2.60. The predicted octanol–water partition coefficient (Wildman–Crippen LogP) is 2.92. The highest BCUT2D eigenvalue weighted by atomic mass is 16.5. The van der Waals surface area contributed by atoms with E-state index in [1.165, 1.54) is 0 Å². The quantitative estimate of drug-likeness (QED) is 0.746. The van der Waals surface area contributed by atoms with Gasteiger partial charge < -0.3 is 14.1 Å². The number of nitrogens with zero attached hydrogens (tertiary/aromatic N) is 1. The number of nitrogens with one attached hydrogen (secondary N) is 1. The van der Waals surface area contributed by atoms with Gasteiger partial charge in [-0.1, -0.05) is 12.1 Å². The molecule has 6 nitrogen and oxygen atoms in total. The van der Waals surface area contributed by atoms with Crippen LogP contribution in [0.5, 0.6) is 0 Å². The average Bonchev–Trinajstić information content (AvgIpc) is 3.20. The van der Waals surface area contributed by atoms with E-state index in [-0.39, 0.29) is 23.4 Å². The van der Waals surface area contributed by atoms with Gasteiger partial charge in [0.15, 0.2) is 11.9 Å². The molecule has 1 aliphatic carbocycles. The van der Waals surface area contributed by atoms with E-state index in [2.05, 4.69) is 9.97 Å². The lowest BCUT2D eigenvalue weighted by molar-refractivity contribution is -0.150. The lowest BCUT2D eigenvalue weighted by Gasteiger charge is -2.13. The Morgan fingerprint density at radius 3 is 2.96 bits per heavy atom. The largest absolute Gasteiger partial charge is 0.469 e. The fourth-order valence-electron chi connectivity index (χ4n) is 2.89. The van der Waals surface area contributed by atoms with E-state index >= 15 is 0 Å². The summed E-state index contributed by atoms with van der Waals surface area (Å²) < 4.78 is 10.8. The van der Waals surface area contributed by atoms with E-state index in [1.807, 2.05) is 18.2 Å². The lowest BCUT2D eigenvalue weighted by atomic mass is 10.2. The van der Waals surface area contributed by atoms with Crippen molar-refractivity contribution in [2.24, 2.45) is 5.92 Å². The number of aromatic nitrogens is 2. The number of fused-ring (bicyclic) bond motifs is 1. The smallest absolute Gasteiger partial charge is 0.310 e. The number of esters is 1. The number of para-hydroxylation sites is 1. The molecule has 1 fully saturated rings. The molecule has 1 saturated carbocycles. The minimum atomic E-state index is -0.618. The molecule has 2 heterocycles. The molecule has 0 unspecified atom stereocenters. The Bertz CT molecular complexity index is 945. The van der Waals surface area contributed by atoms with Gasteiger partial charge in [-0.3, -0.25) is 9.59 Å². The van der Waals surface area contributed by atoms with Gasteiger partial charge in [-0.05, 0) is 37.6 Å². The molecule has 122 valence electrons. The summed E-state index contributed by atoms with van der Waals surface area (Å²) in [6, 6.07) is 10.7. The van der Waals surface area contributed by atoms with Crippen LogP contribution in [0.15, 0.2) is 51.9 Å². The van der Waals surface area contributed by atoms with E-state index in [4.69, 9.17) is 9.15 Å². The maximum absolute atomic E-state index is 12.3. The first-order valence-electron chi connectivity index (χ1n) is 7.86. The Labute approximate surface area is 137 Å². The van der Waals surface area contributed by atoms with Crippen molar-refractivity contribution in [1.29, 1.82) is 0 Å². The number of carbonyl (C=O) groups is 1. The first kappa shape index (κ1) is 14.7. The number of benzene rings is 1. The summed E-state index contributed by atoms with van der Waals surface area (Å²) >= 11 is 0. The lowest BCUT2D eigenvalue weighted by Crippen LogP contribution is -2.18. The summed E-state index contributed by atoms with van der Waals surface area (Å²) in [5.74, 6) is 0.762. The van der Waals surface area contributed by atoms with Crippen LogP contribution in [-0.4, -0.2) is 15.9 Å². The molecule has 0 aliphatic heterocycles. The Morgan fingerprint density at radius 2 is 2.17 bits per heavy atom. The number of furan rings is 1. The number of hydrogen-bond acceptors (Lipinski definition) is 5. The molecular formula is C18H16N2O4. The van der Waals surface area contributed by atoms with Crippen LogP contribution in [-0.2, 0) is 9.53 Å². The molecule has 0 bridgehead atoms. The first-order valence-corrected chi connectivity index (χ1v) is 7.86. The van der Waals surface area contributed by atoms with E-state index in [1.54, 1.807) is 31.4 Å². The molecule has 2 aromatic heterocycles. The number of rotatable bonds is 4. The standard InChI is InChI=1S/C18H16N2O4/c1-10(16-19-14-6-3-2-5-11(14)17(21)20-16)24-18(22)13-9-12(13)15-7-4-8-23-15/h2-8,10,12-13H,9H2,1H3,(H,19,20,21)/t10-,12+,13-/m0/s1. The number of ether oxygens (including phenoxy) is 1. The second kappa shape index (κ2) is 5.63. The van der Waals surface area contributed by atoms with Crippen LogP contribution in [0.2, 0.25) is 0 Å². The highest BCUT2D eigenvalue weighted by molar-refractivity contribution is 5.78. The topological polar surface area (TPSA) is 85.2 Å². The third-order valence-electron chi connectivity index (χ3n) is 4.31. The molecule has 1 aliphatic rings. The number of H-pyrrole nitrogens is 1. The van der Waals surface area contributed by atoms with Gasteiger partial charge in [-0.25, -0.2) is 4.98 Å². The molecule has 0 amide bonds. The fraction of sp³-hybridized carbons (Fsp3) is 0.278. The minimum Gasteiger partial charge on any atom is -0.469 e. The van der Waals surface area contributed by atoms with E-state index in [0.717, 1.165) is 12.2 Å². The van der Waals surface area contributed by atoms with Gasteiger partial charge in [-0.2, -0.15) is 0 Å². The zero-order valence-corrected chi connectivity index (χ0v) is 13.1. The van der Waals surface area contributed by atoms with Gasteiger partial charge >= 0.3 is 5.97 Å². The van der Waals surface area contributed by atoms with Crippen molar-refractivity contribution in [2.45, 2.75) is 25.4 Å². The van der Waals surface area contributed by atoms with Crippen molar-refractivity contribution in [2.75, 3.05) is 0 Å². The maximum Gasteiger partial charge on any atom is 0.310 e. The SMILES string of the molecule is C[C@H](OC(=O)[C@H]1C[C@H]1c1ccco1)c1nc2ccccc2c(=O)[nH]1. The molecule has 6 heteroatoms. The van der Waals surface area contributed by atoms with E-state index in [9.17, 15) is 9.59 Å². The van der Waals surface area contributed by atoms with Crippen molar-refractivity contribution >= 4 is 16.9 Å². The Kier molecular flexibility index (Phi) is 3.45. The Hall–Kier alpha value is -2.89. The van der Waals surface area contributed by atoms with Crippen molar-refractivity contribution in [3.8, 4) is 0 Å². The number of aromatic amines is 1. The van der Waals surface area contributed by atoms with Crippen LogP contribution in [0.4, 0.5) is 0 Å². The summed E-state index contributed by atoms with van der Waals surface area (Å²) in [6.07, 6.45) is 1.70. The number of carbonyl (C=O) groups excluding carboxylic acids is 1. The van der Waals surface area contributed by atoms with Gasteiger partial charge in [-0.15, -0.1) is 0 Å². The van der Waals surface area contributed by atoms with Crippen molar-refractivity contribution in [3.63, 3.8) is 0 Å². The molecule has 3 atom stereocenters. The Balaban J connectivity index is 1.49. The second-order valence-electron chi connectivity index (χ2n) is 6.01. The zero-order valence-electron chi connectivity index (χ0n) is 13.1. The number of hydrogen-bond donors (Lipinski definition) is 1. The normalized spacial score (nSPS) is 20.7. The molecule has 24 heavy (non-hydrogen) atoms. The predicted molar refractivity (Wildman–Crippen MR) is 86.4 cm³/mol. The molecule has 4 rings (SSSR count). The van der Waals surface area contributed by atoms with Crippen LogP contribution in [0, 0.1) is 5.92 Å². The maximum atomic E-state index is 12.3.